The van der Waals surface area contributed by atoms with Gasteiger partial charge in [0.1, 0.15) is 5.75 Å². The standard InChI is InChI=1S/C33H29Cl2N5O7/c1-37-31(44)38-13-12-21-25(40(38)32(37)45)16-22-29(42)39(36-24-10-7-19(34)15-23(24)35)30(43)33(22,18-5-8-20(46-2)9-6-18)28(21)17-4-11-27(47-3)26(41)14-17/h4-12,14-15,22,25,28,36,41H,13,16H2,1-3H3/t22-,25+,28-,33+/m0/s1. The van der Waals surface area contributed by atoms with Gasteiger partial charge in [-0.1, -0.05) is 47.5 Å². The quantitative estimate of drug-likeness (QED) is 0.231. The maximum atomic E-state index is 15.1. The van der Waals surface area contributed by atoms with Crippen LogP contribution in [0.15, 0.2) is 81.9 Å². The molecule has 2 fully saturated rings. The molecule has 3 aliphatic rings. The van der Waals surface area contributed by atoms with E-state index in [2.05, 4.69) is 5.43 Å². The number of phenolic OH excluding ortho intramolecular Hbond substituents is 1. The van der Waals surface area contributed by atoms with Crippen LogP contribution in [0.2, 0.25) is 10.0 Å². The Balaban J connectivity index is 1.51. The zero-order valence-corrected chi connectivity index (χ0v) is 27.0. The van der Waals surface area contributed by atoms with E-state index < -0.39 is 46.5 Å². The Hall–Kier alpha value is -4.94. The van der Waals surface area contributed by atoms with Crippen molar-refractivity contribution < 1.29 is 24.2 Å². The van der Waals surface area contributed by atoms with Crippen molar-refractivity contribution >= 4 is 40.7 Å². The summed E-state index contributed by atoms with van der Waals surface area (Å²) in [5.41, 5.74) is 2.30. The highest BCUT2D eigenvalue weighted by atomic mass is 35.5. The second-order valence-corrected chi connectivity index (χ2v) is 12.6. The van der Waals surface area contributed by atoms with Crippen LogP contribution in [-0.4, -0.2) is 50.1 Å². The number of hydrazine groups is 1. The zero-order valence-electron chi connectivity index (χ0n) is 25.4. The molecule has 0 unspecified atom stereocenters. The van der Waals surface area contributed by atoms with Gasteiger partial charge >= 0.3 is 11.4 Å². The van der Waals surface area contributed by atoms with Crippen molar-refractivity contribution in [3.8, 4) is 17.2 Å². The first-order valence-corrected chi connectivity index (χ1v) is 15.5. The molecule has 47 heavy (non-hydrogen) atoms. The summed E-state index contributed by atoms with van der Waals surface area (Å²) in [5, 5.41) is 12.5. The lowest BCUT2D eigenvalue weighted by molar-refractivity contribution is -0.138. The van der Waals surface area contributed by atoms with Gasteiger partial charge in [0.15, 0.2) is 11.5 Å². The number of aromatic hydroxyl groups is 1. The number of nitrogens with one attached hydrogen (secondary N) is 1. The van der Waals surface area contributed by atoms with Gasteiger partial charge in [0.2, 0.25) is 0 Å². The number of nitrogens with zero attached hydrogens (tertiary/aromatic N) is 4. The molecule has 2 aliphatic heterocycles. The van der Waals surface area contributed by atoms with E-state index in [-0.39, 0.29) is 35.2 Å². The fourth-order valence-corrected chi connectivity index (χ4v) is 7.93. The van der Waals surface area contributed by atoms with Crippen LogP contribution >= 0.6 is 23.2 Å². The van der Waals surface area contributed by atoms with E-state index in [9.17, 15) is 19.5 Å². The number of fused-ring (bicyclic) bond motifs is 4. The molecular weight excluding hydrogens is 649 g/mol. The van der Waals surface area contributed by atoms with E-state index in [4.69, 9.17) is 32.7 Å². The molecular formula is C33H29Cl2N5O7. The van der Waals surface area contributed by atoms with E-state index >= 15 is 4.79 Å². The van der Waals surface area contributed by atoms with Crippen LogP contribution in [0.4, 0.5) is 5.69 Å². The number of methoxy groups -OCH3 is 2. The summed E-state index contributed by atoms with van der Waals surface area (Å²) in [6.45, 7) is 0.0627. The average Bonchev–Trinajstić information content (AvgIpc) is 3.42. The lowest BCUT2D eigenvalue weighted by Crippen LogP contribution is -2.53. The van der Waals surface area contributed by atoms with E-state index in [1.165, 1.54) is 42.8 Å². The Labute approximate surface area is 277 Å². The highest BCUT2D eigenvalue weighted by Crippen LogP contribution is 2.62. The molecule has 4 aromatic rings. The second kappa shape index (κ2) is 11.1. The fourth-order valence-electron chi connectivity index (χ4n) is 7.48. The third-order valence-corrected chi connectivity index (χ3v) is 10.1. The number of imide groups is 1. The summed E-state index contributed by atoms with van der Waals surface area (Å²) in [7, 11) is 4.35. The van der Waals surface area contributed by atoms with E-state index in [1.54, 1.807) is 48.5 Å². The van der Waals surface area contributed by atoms with Crippen LogP contribution in [0.5, 0.6) is 17.2 Å². The smallest absolute Gasteiger partial charge is 0.347 e. The Kier molecular flexibility index (Phi) is 7.25. The number of ether oxygens (including phenoxy) is 2. The molecule has 12 nitrogen and oxygen atoms in total. The summed E-state index contributed by atoms with van der Waals surface area (Å²) in [4.78, 5) is 56.3. The molecule has 14 heteroatoms. The Morgan fingerprint density at radius 2 is 1.68 bits per heavy atom. The summed E-state index contributed by atoms with van der Waals surface area (Å²) >= 11 is 12.6. The number of hydrogen-bond donors (Lipinski definition) is 2. The predicted molar refractivity (Wildman–Crippen MR) is 173 cm³/mol. The van der Waals surface area contributed by atoms with Gasteiger partial charge in [-0.05, 0) is 65.6 Å². The van der Waals surface area contributed by atoms with Crippen LogP contribution < -0.4 is 26.3 Å². The lowest BCUT2D eigenvalue weighted by atomic mass is 9.53. The number of anilines is 1. The number of amides is 2. The first kappa shape index (κ1) is 30.7. The minimum atomic E-state index is -1.57. The summed E-state index contributed by atoms with van der Waals surface area (Å²) < 4.78 is 14.4. The highest BCUT2D eigenvalue weighted by Gasteiger charge is 2.68. The van der Waals surface area contributed by atoms with Gasteiger partial charge in [0, 0.05) is 18.0 Å². The van der Waals surface area contributed by atoms with Crippen molar-refractivity contribution in [1.29, 1.82) is 0 Å². The zero-order chi connectivity index (χ0) is 33.4. The van der Waals surface area contributed by atoms with Gasteiger partial charge < -0.3 is 14.6 Å². The SMILES string of the molecule is COc1ccc([C@@]23C(=O)N(Nc4ccc(Cl)cc4Cl)C(=O)[C@@H]2C[C@@H]2C(=CCn4c(=O)n(C)c(=O)n42)[C@@H]3c2ccc(OC)c(O)c2)cc1. The minimum Gasteiger partial charge on any atom is -0.504 e. The Bertz CT molecular complexity index is 2120. The summed E-state index contributed by atoms with van der Waals surface area (Å²) in [5.74, 6) is -2.43. The Morgan fingerprint density at radius 1 is 0.936 bits per heavy atom. The molecule has 0 bridgehead atoms. The number of aromatic nitrogens is 3. The van der Waals surface area contributed by atoms with Gasteiger partial charge in [0.25, 0.3) is 11.8 Å². The highest BCUT2D eigenvalue weighted by molar-refractivity contribution is 6.36. The van der Waals surface area contributed by atoms with E-state index in [0.29, 0.717) is 27.5 Å². The molecule has 3 heterocycles. The second-order valence-electron chi connectivity index (χ2n) is 11.7. The summed E-state index contributed by atoms with van der Waals surface area (Å²) in [6, 6.07) is 15.6. The molecule has 1 saturated heterocycles. The number of hydrogen-bond acceptors (Lipinski definition) is 8. The third-order valence-electron chi connectivity index (χ3n) is 9.57. The molecule has 3 aromatic carbocycles. The van der Waals surface area contributed by atoms with Gasteiger partial charge in [-0.2, -0.15) is 5.01 Å². The normalized spacial score (nSPS) is 23.1. The molecule has 7 rings (SSSR count). The minimum absolute atomic E-state index is 0.0248. The average molecular weight is 679 g/mol. The molecule has 1 aliphatic carbocycles. The molecule has 242 valence electrons. The van der Waals surface area contributed by atoms with Gasteiger partial charge in [0.05, 0.1) is 48.8 Å². The molecule has 1 saturated carbocycles. The largest absolute Gasteiger partial charge is 0.504 e. The van der Waals surface area contributed by atoms with E-state index in [0.717, 1.165) is 9.58 Å². The molecule has 4 atom stereocenters. The third kappa shape index (κ3) is 4.35. The van der Waals surface area contributed by atoms with Gasteiger partial charge in [-0.15, -0.1) is 0 Å². The topological polar surface area (TPSA) is 137 Å². The summed E-state index contributed by atoms with van der Waals surface area (Å²) in [6.07, 6.45) is 1.86. The van der Waals surface area contributed by atoms with Crippen LogP contribution in [0.1, 0.15) is 29.5 Å². The monoisotopic (exact) mass is 677 g/mol. The van der Waals surface area contributed by atoms with Gasteiger partial charge in [-0.25, -0.2) is 23.5 Å². The first-order valence-electron chi connectivity index (χ1n) is 14.7. The molecule has 2 amide bonds. The molecule has 1 aromatic heterocycles. The Morgan fingerprint density at radius 3 is 2.34 bits per heavy atom. The maximum absolute atomic E-state index is 15.1. The number of carbonyl (C=O) groups excluding carboxylic acids is 2. The van der Waals surface area contributed by atoms with Crippen molar-refractivity contribution in [2.45, 2.75) is 30.3 Å². The van der Waals surface area contributed by atoms with Crippen molar-refractivity contribution in [1.82, 2.24) is 18.9 Å². The van der Waals surface area contributed by atoms with Crippen molar-refractivity contribution in [3.63, 3.8) is 0 Å². The maximum Gasteiger partial charge on any atom is 0.347 e. The molecule has 0 spiro atoms. The number of benzene rings is 3. The fraction of sp³-hybridized carbons (Fsp3) is 0.273. The van der Waals surface area contributed by atoms with Crippen LogP contribution in [0.25, 0.3) is 0 Å². The predicted octanol–water partition coefficient (Wildman–Crippen LogP) is 4.00. The molecule has 2 N–H and O–H groups in total. The number of rotatable bonds is 6. The number of carbonyl (C=O) groups is 2. The van der Waals surface area contributed by atoms with Gasteiger partial charge in [-0.3, -0.25) is 15.0 Å². The first-order chi connectivity index (χ1) is 22.5. The van der Waals surface area contributed by atoms with Crippen LogP contribution in [0, 0.1) is 5.92 Å². The van der Waals surface area contributed by atoms with Crippen molar-refractivity contribution in [3.05, 3.63) is 114 Å². The lowest BCUT2D eigenvalue weighted by Gasteiger charge is -2.49. The molecule has 0 radical (unpaired) electrons. The van der Waals surface area contributed by atoms with Crippen molar-refractivity contribution in [2.24, 2.45) is 13.0 Å². The van der Waals surface area contributed by atoms with Crippen molar-refractivity contribution in [2.75, 3.05) is 19.6 Å². The van der Waals surface area contributed by atoms with Crippen LogP contribution in [-0.2, 0) is 28.6 Å². The number of phenols is 1. The van der Waals surface area contributed by atoms with E-state index in [1.807, 2.05) is 6.08 Å². The number of allylic oxidation sites excluding steroid dienone is 2. The van der Waals surface area contributed by atoms with Crippen LogP contribution in [0.3, 0.4) is 0 Å². The number of halogens is 2.